The van der Waals surface area contributed by atoms with Crippen LogP contribution < -0.4 is 5.32 Å². The molecule has 1 aromatic rings. The van der Waals surface area contributed by atoms with Gasteiger partial charge in [-0.3, -0.25) is 0 Å². The van der Waals surface area contributed by atoms with Crippen molar-refractivity contribution in [3.63, 3.8) is 0 Å². The van der Waals surface area contributed by atoms with E-state index in [0.717, 1.165) is 31.2 Å². The third-order valence-corrected chi connectivity index (χ3v) is 5.22. The topological polar surface area (TPSA) is 51.0 Å². The molecule has 0 saturated carbocycles. The number of thioether (sulfide) groups is 1. The lowest BCUT2D eigenvalue weighted by atomic mass is 9.99. The van der Waals surface area contributed by atoms with Crippen LogP contribution in [0.2, 0.25) is 0 Å². The van der Waals surface area contributed by atoms with E-state index in [1.807, 2.05) is 0 Å². The number of rotatable bonds is 3. The molecule has 2 aliphatic heterocycles. The summed E-state index contributed by atoms with van der Waals surface area (Å²) in [5, 5.41) is 8.26. The zero-order valence-corrected chi connectivity index (χ0v) is 11.5. The van der Waals surface area contributed by atoms with Crippen molar-refractivity contribution >= 4 is 11.8 Å². The molecule has 0 bridgehead atoms. The van der Waals surface area contributed by atoms with Crippen molar-refractivity contribution in [1.29, 1.82) is 0 Å². The molecule has 1 N–H and O–H groups in total. The van der Waals surface area contributed by atoms with Crippen LogP contribution in [0.1, 0.15) is 49.7 Å². The van der Waals surface area contributed by atoms with E-state index in [4.69, 9.17) is 4.52 Å². The highest BCUT2D eigenvalue weighted by Crippen LogP contribution is 2.28. The van der Waals surface area contributed by atoms with Gasteiger partial charge in [-0.25, -0.2) is 0 Å². The Labute approximate surface area is 112 Å². The lowest BCUT2D eigenvalue weighted by Crippen LogP contribution is -2.28. The number of piperidine rings is 1. The van der Waals surface area contributed by atoms with Gasteiger partial charge in [0.05, 0.1) is 0 Å². The van der Waals surface area contributed by atoms with Crippen molar-refractivity contribution in [2.45, 2.75) is 49.7 Å². The lowest BCUT2D eigenvalue weighted by Gasteiger charge is -2.19. The van der Waals surface area contributed by atoms with Gasteiger partial charge < -0.3 is 9.84 Å². The minimum atomic E-state index is 0.454. The molecule has 3 rings (SSSR count). The van der Waals surface area contributed by atoms with Crippen LogP contribution in [0.3, 0.4) is 0 Å². The number of nitrogens with zero attached hydrogens (tertiary/aromatic N) is 2. The first-order valence-electron chi connectivity index (χ1n) is 7.06. The van der Waals surface area contributed by atoms with Gasteiger partial charge in [0.2, 0.25) is 5.89 Å². The van der Waals surface area contributed by atoms with E-state index >= 15 is 0 Å². The van der Waals surface area contributed by atoms with Gasteiger partial charge in [0.25, 0.3) is 0 Å². The second-order valence-electron chi connectivity index (χ2n) is 5.28. The average molecular weight is 267 g/mol. The van der Waals surface area contributed by atoms with Crippen molar-refractivity contribution in [3.8, 4) is 0 Å². The average Bonchev–Trinajstić information content (AvgIpc) is 2.89. The standard InChI is InChI=1S/C13H21N3OS/c1-2-7-18-11(5-1)8-12-15-13(16-17-12)10-4-3-6-14-9-10/h10-11,14H,1-9H2. The van der Waals surface area contributed by atoms with E-state index < -0.39 is 0 Å². The molecule has 0 aliphatic carbocycles. The Bertz CT molecular complexity index is 370. The second-order valence-corrected chi connectivity index (χ2v) is 6.69. The van der Waals surface area contributed by atoms with Gasteiger partial charge in [-0.1, -0.05) is 11.6 Å². The maximum Gasteiger partial charge on any atom is 0.227 e. The molecule has 2 unspecified atom stereocenters. The summed E-state index contributed by atoms with van der Waals surface area (Å²) in [5.74, 6) is 3.50. The Kier molecular flexibility index (Phi) is 4.20. The Morgan fingerprint density at radius 1 is 1.28 bits per heavy atom. The van der Waals surface area contributed by atoms with Crippen molar-refractivity contribution < 1.29 is 4.52 Å². The minimum absolute atomic E-state index is 0.454. The predicted molar refractivity (Wildman–Crippen MR) is 72.9 cm³/mol. The van der Waals surface area contributed by atoms with E-state index in [-0.39, 0.29) is 0 Å². The molecule has 4 nitrogen and oxygen atoms in total. The van der Waals surface area contributed by atoms with E-state index in [1.54, 1.807) is 0 Å². The summed E-state index contributed by atoms with van der Waals surface area (Å²) in [7, 11) is 0. The van der Waals surface area contributed by atoms with E-state index in [0.29, 0.717) is 11.2 Å². The van der Waals surface area contributed by atoms with Crippen molar-refractivity contribution in [1.82, 2.24) is 15.5 Å². The largest absolute Gasteiger partial charge is 0.339 e. The molecule has 100 valence electrons. The van der Waals surface area contributed by atoms with Gasteiger partial charge in [-0.05, 0) is 38.0 Å². The summed E-state index contributed by atoms with van der Waals surface area (Å²) < 4.78 is 5.42. The molecule has 3 heterocycles. The maximum absolute atomic E-state index is 5.42. The smallest absolute Gasteiger partial charge is 0.227 e. The van der Waals surface area contributed by atoms with Crippen LogP contribution in [0, 0.1) is 0 Å². The van der Waals surface area contributed by atoms with Crippen LogP contribution in [0.25, 0.3) is 0 Å². The number of hydrogen-bond acceptors (Lipinski definition) is 5. The Morgan fingerprint density at radius 2 is 2.28 bits per heavy atom. The molecule has 0 radical (unpaired) electrons. The van der Waals surface area contributed by atoms with Gasteiger partial charge >= 0.3 is 0 Å². The summed E-state index contributed by atoms with van der Waals surface area (Å²) in [6, 6.07) is 0. The highest BCUT2D eigenvalue weighted by Gasteiger charge is 2.22. The molecule has 2 aliphatic rings. The zero-order valence-electron chi connectivity index (χ0n) is 10.7. The van der Waals surface area contributed by atoms with Crippen molar-refractivity contribution in [2.75, 3.05) is 18.8 Å². The molecule has 1 aromatic heterocycles. The molecule has 2 fully saturated rings. The highest BCUT2D eigenvalue weighted by atomic mass is 32.2. The van der Waals surface area contributed by atoms with E-state index in [1.165, 1.54) is 37.9 Å². The van der Waals surface area contributed by atoms with Crippen molar-refractivity contribution in [2.24, 2.45) is 0 Å². The van der Waals surface area contributed by atoms with E-state index in [9.17, 15) is 0 Å². The van der Waals surface area contributed by atoms with Crippen LogP contribution >= 0.6 is 11.8 Å². The quantitative estimate of drug-likeness (QED) is 0.911. The summed E-state index contributed by atoms with van der Waals surface area (Å²) in [6.45, 7) is 2.12. The number of nitrogens with one attached hydrogen (secondary N) is 1. The summed E-state index contributed by atoms with van der Waals surface area (Å²) >= 11 is 2.06. The number of hydrogen-bond donors (Lipinski definition) is 1. The first-order valence-corrected chi connectivity index (χ1v) is 8.11. The summed E-state index contributed by atoms with van der Waals surface area (Å²) in [5.41, 5.74) is 0. The first-order chi connectivity index (χ1) is 8.92. The Balaban J connectivity index is 1.58. The van der Waals surface area contributed by atoms with Crippen LogP contribution in [-0.4, -0.2) is 34.2 Å². The highest BCUT2D eigenvalue weighted by molar-refractivity contribution is 7.99. The third kappa shape index (κ3) is 3.06. The lowest BCUT2D eigenvalue weighted by molar-refractivity contribution is 0.358. The predicted octanol–water partition coefficient (Wildman–Crippen LogP) is 2.36. The summed E-state index contributed by atoms with van der Waals surface area (Å²) in [4.78, 5) is 4.60. The molecular formula is C13H21N3OS. The summed E-state index contributed by atoms with van der Waals surface area (Å²) in [6.07, 6.45) is 7.37. The van der Waals surface area contributed by atoms with Crippen molar-refractivity contribution in [3.05, 3.63) is 11.7 Å². The van der Waals surface area contributed by atoms with Crippen LogP contribution in [0.5, 0.6) is 0 Å². The Morgan fingerprint density at radius 3 is 3.06 bits per heavy atom. The fourth-order valence-corrected chi connectivity index (χ4v) is 4.05. The molecule has 0 aromatic carbocycles. The van der Waals surface area contributed by atoms with Crippen LogP contribution in [0.15, 0.2) is 4.52 Å². The monoisotopic (exact) mass is 267 g/mol. The molecule has 5 heteroatoms. The second kappa shape index (κ2) is 6.06. The fraction of sp³-hybridized carbons (Fsp3) is 0.846. The van der Waals surface area contributed by atoms with Gasteiger partial charge in [0.1, 0.15) is 0 Å². The SMILES string of the molecule is C1CCC(Cc2nc(C3CCCNC3)no2)SC1. The number of aromatic nitrogens is 2. The molecule has 2 atom stereocenters. The van der Waals surface area contributed by atoms with Crippen LogP contribution in [-0.2, 0) is 6.42 Å². The van der Waals surface area contributed by atoms with Gasteiger partial charge in [0.15, 0.2) is 5.82 Å². The molecule has 2 saturated heterocycles. The van der Waals surface area contributed by atoms with E-state index in [2.05, 4.69) is 27.2 Å². The molecular weight excluding hydrogens is 246 g/mol. The van der Waals surface area contributed by atoms with Gasteiger partial charge in [-0.2, -0.15) is 16.7 Å². The fourth-order valence-electron chi connectivity index (χ4n) is 2.75. The zero-order chi connectivity index (χ0) is 12.2. The minimum Gasteiger partial charge on any atom is -0.339 e. The Hall–Kier alpha value is -0.550. The van der Waals surface area contributed by atoms with Crippen LogP contribution in [0.4, 0.5) is 0 Å². The van der Waals surface area contributed by atoms with Gasteiger partial charge in [0, 0.05) is 24.1 Å². The molecule has 0 amide bonds. The first kappa shape index (κ1) is 12.5. The van der Waals surface area contributed by atoms with Gasteiger partial charge in [-0.15, -0.1) is 0 Å². The third-order valence-electron chi connectivity index (χ3n) is 3.82. The molecule has 0 spiro atoms. The normalized spacial score (nSPS) is 29.3. The maximum atomic E-state index is 5.42. The molecule has 18 heavy (non-hydrogen) atoms.